The molecular formula is C11H10N2O2S. The smallest absolute Gasteiger partial charge is 0.357 e. The summed E-state index contributed by atoms with van der Waals surface area (Å²) < 4.78 is 0. The van der Waals surface area contributed by atoms with Crippen molar-refractivity contribution in [3.8, 4) is 0 Å². The molecule has 5 heteroatoms. The fourth-order valence-electron chi connectivity index (χ4n) is 1.49. The first kappa shape index (κ1) is 10.8. The van der Waals surface area contributed by atoms with E-state index in [2.05, 4.69) is 22.8 Å². The molecule has 0 aliphatic rings. The van der Waals surface area contributed by atoms with Crippen LogP contribution in [0.3, 0.4) is 0 Å². The highest BCUT2D eigenvalue weighted by Gasteiger charge is 2.12. The summed E-state index contributed by atoms with van der Waals surface area (Å²) in [6.45, 7) is 0. The Labute approximate surface area is 97.4 Å². The van der Waals surface area contributed by atoms with Gasteiger partial charge in [0, 0.05) is 11.1 Å². The van der Waals surface area contributed by atoms with Gasteiger partial charge in [-0.25, -0.2) is 4.79 Å². The molecule has 0 amide bonds. The third kappa shape index (κ3) is 1.94. The number of benzene rings is 1. The average molecular weight is 234 g/mol. The normalized spacial score (nSPS) is 11.3. The van der Waals surface area contributed by atoms with Crippen LogP contribution in [0.15, 0.2) is 24.3 Å². The molecule has 1 aromatic carbocycles. The third-order valence-corrected chi connectivity index (χ3v) is 2.42. The summed E-state index contributed by atoms with van der Waals surface area (Å²) in [6.07, 6.45) is 3.79. The van der Waals surface area contributed by atoms with Crippen LogP contribution in [0.1, 0.15) is 16.1 Å². The van der Waals surface area contributed by atoms with Crippen molar-refractivity contribution in [2.45, 2.75) is 0 Å². The van der Waals surface area contributed by atoms with Crippen LogP contribution in [0.2, 0.25) is 0 Å². The molecule has 0 aliphatic heterocycles. The number of carbonyl (C=O) groups is 1. The predicted molar refractivity (Wildman–Crippen MR) is 65.9 cm³/mol. The Balaban J connectivity index is 2.54. The van der Waals surface area contributed by atoms with Crippen LogP contribution in [0.5, 0.6) is 0 Å². The Hall–Kier alpha value is -1.75. The average Bonchev–Trinajstić information content (AvgIpc) is 2.69. The quantitative estimate of drug-likeness (QED) is 0.713. The Morgan fingerprint density at radius 3 is 3.06 bits per heavy atom. The number of nitrogens with zero attached hydrogens (tertiary/aromatic N) is 1. The number of thiol groups is 1. The maximum Gasteiger partial charge on any atom is 0.357 e. The second-order valence-electron chi connectivity index (χ2n) is 3.27. The van der Waals surface area contributed by atoms with Crippen LogP contribution < -0.4 is 0 Å². The molecule has 16 heavy (non-hydrogen) atoms. The molecule has 4 nitrogen and oxygen atoms in total. The summed E-state index contributed by atoms with van der Waals surface area (Å²) in [7, 11) is 0. The molecule has 1 heterocycles. The zero-order chi connectivity index (χ0) is 11.5. The number of nitrogens with one attached hydrogen (secondary N) is 1. The number of hydrogen-bond donors (Lipinski definition) is 3. The number of carboxylic acids is 1. The number of hydrogen-bond acceptors (Lipinski definition) is 3. The first-order chi connectivity index (χ1) is 7.72. The van der Waals surface area contributed by atoms with Crippen molar-refractivity contribution in [1.29, 1.82) is 0 Å². The van der Waals surface area contributed by atoms with Crippen molar-refractivity contribution in [3.05, 3.63) is 35.5 Å². The lowest BCUT2D eigenvalue weighted by Crippen LogP contribution is -1.96. The van der Waals surface area contributed by atoms with Gasteiger partial charge in [0.15, 0.2) is 5.69 Å². The summed E-state index contributed by atoms with van der Waals surface area (Å²) in [5.74, 6) is -0.378. The van der Waals surface area contributed by atoms with Crippen molar-refractivity contribution < 1.29 is 9.90 Å². The van der Waals surface area contributed by atoms with Gasteiger partial charge in [0.25, 0.3) is 0 Å². The number of aromatic nitrogens is 2. The highest BCUT2D eigenvalue weighted by atomic mass is 32.1. The third-order valence-electron chi connectivity index (χ3n) is 2.21. The van der Waals surface area contributed by atoms with Gasteiger partial charge in [-0.3, -0.25) is 5.10 Å². The van der Waals surface area contributed by atoms with Crippen LogP contribution in [-0.4, -0.2) is 27.0 Å². The van der Waals surface area contributed by atoms with Gasteiger partial charge in [-0.1, -0.05) is 18.2 Å². The summed E-state index contributed by atoms with van der Waals surface area (Å²) in [4.78, 5) is 10.9. The minimum absolute atomic E-state index is 0.0520. The monoisotopic (exact) mass is 234 g/mol. The van der Waals surface area contributed by atoms with Gasteiger partial charge in [-0.2, -0.15) is 17.7 Å². The molecule has 0 fully saturated rings. The summed E-state index contributed by atoms with van der Waals surface area (Å²) in [6, 6.07) is 5.50. The van der Waals surface area contributed by atoms with Crippen molar-refractivity contribution >= 4 is 35.6 Å². The van der Waals surface area contributed by atoms with Crippen molar-refractivity contribution in [2.75, 3.05) is 5.75 Å². The van der Waals surface area contributed by atoms with Crippen molar-refractivity contribution in [2.24, 2.45) is 0 Å². The molecule has 0 unspecified atom stereocenters. The second kappa shape index (κ2) is 4.40. The number of carboxylic acid groups (broad SMARTS) is 1. The zero-order valence-corrected chi connectivity index (χ0v) is 9.24. The molecular weight excluding hydrogens is 224 g/mol. The molecule has 0 radical (unpaired) electrons. The van der Waals surface area contributed by atoms with E-state index in [4.69, 9.17) is 5.11 Å². The fraction of sp³-hybridized carbons (Fsp3) is 0.0909. The molecule has 0 saturated carbocycles. The Bertz CT molecular complexity index is 560. The molecule has 2 N–H and O–H groups in total. The van der Waals surface area contributed by atoms with E-state index in [-0.39, 0.29) is 5.69 Å². The van der Waals surface area contributed by atoms with E-state index in [1.54, 1.807) is 6.07 Å². The van der Waals surface area contributed by atoms with E-state index >= 15 is 0 Å². The first-order valence-corrected chi connectivity index (χ1v) is 5.34. The van der Waals surface area contributed by atoms with Crippen LogP contribution in [0.25, 0.3) is 17.0 Å². The molecule has 2 rings (SSSR count). The molecule has 0 bridgehead atoms. The maximum absolute atomic E-state index is 10.9. The van der Waals surface area contributed by atoms with Crippen molar-refractivity contribution in [1.82, 2.24) is 10.2 Å². The number of fused-ring (bicyclic) bond motifs is 1. The molecule has 0 aliphatic carbocycles. The minimum Gasteiger partial charge on any atom is -0.476 e. The molecule has 82 valence electrons. The minimum atomic E-state index is -1.03. The fourth-order valence-corrected chi connectivity index (χ4v) is 1.59. The van der Waals surface area contributed by atoms with Gasteiger partial charge >= 0.3 is 5.97 Å². The van der Waals surface area contributed by atoms with Crippen LogP contribution >= 0.6 is 12.6 Å². The lowest BCUT2D eigenvalue weighted by molar-refractivity contribution is 0.0692. The highest BCUT2D eigenvalue weighted by Crippen LogP contribution is 2.18. The topological polar surface area (TPSA) is 66.0 Å². The van der Waals surface area contributed by atoms with Gasteiger partial charge in [0.05, 0.1) is 5.52 Å². The van der Waals surface area contributed by atoms with Crippen LogP contribution in [-0.2, 0) is 0 Å². The van der Waals surface area contributed by atoms with Gasteiger partial charge < -0.3 is 5.11 Å². The van der Waals surface area contributed by atoms with E-state index in [1.807, 2.05) is 24.3 Å². The number of aromatic amines is 1. The van der Waals surface area contributed by atoms with E-state index in [0.29, 0.717) is 11.1 Å². The Morgan fingerprint density at radius 2 is 2.38 bits per heavy atom. The number of rotatable bonds is 3. The van der Waals surface area contributed by atoms with Gasteiger partial charge in [0.2, 0.25) is 0 Å². The van der Waals surface area contributed by atoms with Crippen LogP contribution in [0, 0.1) is 0 Å². The van der Waals surface area contributed by atoms with E-state index in [9.17, 15) is 4.79 Å². The largest absolute Gasteiger partial charge is 0.476 e. The lowest BCUT2D eigenvalue weighted by atomic mass is 10.1. The van der Waals surface area contributed by atoms with Crippen molar-refractivity contribution in [3.63, 3.8) is 0 Å². The van der Waals surface area contributed by atoms with Gasteiger partial charge in [0.1, 0.15) is 0 Å². The Kier molecular flexibility index (Phi) is 2.96. The molecule has 0 saturated heterocycles. The molecule has 2 aromatic rings. The second-order valence-corrected chi connectivity index (χ2v) is 3.63. The van der Waals surface area contributed by atoms with Gasteiger partial charge in [-0.05, 0) is 17.7 Å². The molecule has 1 aromatic heterocycles. The summed E-state index contributed by atoms with van der Waals surface area (Å²) >= 11 is 4.07. The van der Waals surface area contributed by atoms with Crippen LogP contribution in [0.4, 0.5) is 0 Å². The molecule has 0 atom stereocenters. The molecule has 0 spiro atoms. The first-order valence-electron chi connectivity index (χ1n) is 4.71. The predicted octanol–water partition coefficient (Wildman–Crippen LogP) is 2.20. The number of H-pyrrole nitrogens is 1. The lowest BCUT2D eigenvalue weighted by Gasteiger charge is -1.94. The van der Waals surface area contributed by atoms with E-state index < -0.39 is 5.97 Å². The summed E-state index contributed by atoms with van der Waals surface area (Å²) in [5, 5.41) is 16.0. The highest BCUT2D eigenvalue weighted by molar-refractivity contribution is 7.80. The zero-order valence-electron chi connectivity index (χ0n) is 8.34. The standard InChI is InChI=1S/C11H10N2O2S/c14-11(15)10-8-6-7(2-1-5-16)3-4-9(8)12-13-10/h1-4,6,16H,5H2,(H,12,13)(H,14,15). The summed E-state index contributed by atoms with van der Waals surface area (Å²) in [5.41, 5.74) is 1.71. The maximum atomic E-state index is 10.9. The van der Waals surface area contributed by atoms with Gasteiger partial charge in [-0.15, -0.1) is 0 Å². The van der Waals surface area contributed by atoms with E-state index in [0.717, 1.165) is 11.1 Å². The number of aromatic carboxylic acids is 1. The SMILES string of the molecule is O=C(O)c1n[nH]c2ccc(C=CCS)cc12. The van der Waals surface area contributed by atoms with E-state index in [1.165, 1.54) is 0 Å². The Morgan fingerprint density at radius 1 is 1.56 bits per heavy atom.